The van der Waals surface area contributed by atoms with Gasteiger partial charge in [0.2, 0.25) is 5.91 Å². The van der Waals surface area contributed by atoms with Crippen molar-refractivity contribution < 1.29 is 19.2 Å². The summed E-state index contributed by atoms with van der Waals surface area (Å²) in [4.78, 5) is 34.3. The Morgan fingerprint density at radius 2 is 1.62 bits per heavy atom. The van der Waals surface area contributed by atoms with Crippen LogP contribution in [0.5, 0.6) is 5.75 Å². The molecule has 3 aromatic rings. The zero-order valence-corrected chi connectivity index (χ0v) is 18.5. The van der Waals surface area contributed by atoms with E-state index in [-0.39, 0.29) is 5.91 Å². The average Bonchev–Trinajstić information content (AvgIpc) is 3.30. The summed E-state index contributed by atoms with van der Waals surface area (Å²) in [5.41, 5.74) is 1.80. The van der Waals surface area contributed by atoms with Gasteiger partial charge in [0.05, 0.1) is 24.5 Å². The molecule has 32 heavy (non-hydrogen) atoms. The fourth-order valence-electron chi connectivity index (χ4n) is 4.27. The number of fused-ring (bicyclic) bond motifs is 1. The van der Waals surface area contributed by atoms with Gasteiger partial charge in [0.25, 0.3) is 5.91 Å². The van der Waals surface area contributed by atoms with Crippen LogP contribution in [0.3, 0.4) is 0 Å². The largest absolute Gasteiger partial charge is 0.497 e. The fraction of sp³-hybridized carbons (Fsp3) is 0.167. The van der Waals surface area contributed by atoms with Crippen molar-refractivity contribution in [1.29, 1.82) is 0 Å². The third-order valence-electron chi connectivity index (χ3n) is 5.72. The highest BCUT2D eigenvalue weighted by Crippen LogP contribution is 2.49. The summed E-state index contributed by atoms with van der Waals surface area (Å²) in [5, 5.41) is 2.48. The summed E-state index contributed by atoms with van der Waals surface area (Å²) < 4.78 is 5.25. The van der Waals surface area contributed by atoms with E-state index in [0.717, 1.165) is 4.90 Å². The summed E-state index contributed by atoms with van der Waals surface area (Å²) in [6.07, 6.45) is -0.981. The molecule has 2 heterocycles. The molecule has 2 saturated heterocycles. The second kappa shape index (κ2) is 8.13. The zero-order valence-electron chi connectivity index (χ0n) is 16.9. The predicted octanol–water partition coefficient (Wildman–Crippen LogP) is 5.05. The molecule has 0 unspecified atom stereocenters. The van der Waals surface area contributed by atoms with Gasteiger partial charge in [-0.15, -0.1) is 0 Å². The van der Waals surface area contributed by atoms with Crippen LogP contribution in [-0.4, -0.2) is 25.0 Å². The van der Waals surface area contributed by atoms with E-state index in [2.05, 4.69) is 0 Å². The molecule has 162 valence electrons. The summed E-state index contributed by atoms with van der Waals surface area (Å²) in [5.74, 6) is -1.03. The van der Waals surface area contributed by atoms with Gasteiger partial charge in [-0.05, 0) is 42.0 Å². The predicted molar refractivity (Wildman–Crippen MR) is 122 cm³/mol. The van der Waals surface area contributed by atoms with Gasteiger partial charge in [-0.1, -0.05) is 53.5 Å². The lowest BCUT2D eigenvalue weighted by Crippen LogP contribution is -2.37. The van der Waals surface area contributed by atoms with Gasteiger partial charge in [-0.25, -0.2) is 9.96 Å². The van der Waals surface area contributed by atoms with Crippen molar-refractivity contribution in [2.24, 2.45) is 5.92 Å². The lowest BCUT2D eigenvalue weighted by atomic mass is 9.90. The van der Waals surface area contributed by atoms with Gasteiger partial charge in [0.1, 0.15) is 11.7 Å². The summed E-state index contributed by atoms with van der Waals surface area (Å²) in [6.45, 7) is 0. The number of para-hydroxylation sites is 1. The smallest absolute Gasteiger partial charge is 0.266 e. The maximum Gasteiger partial charge on any atom is 0.266 e. The molecule has 8 heteroatoms. The first-order chi connectivity index (χ1) is 15.5. The third kappa shape index (κ3) is 3.32. The Balaban J connectivity index is 1.60. The van der Waals surface area contributed by atoms with Gasteiger partial charge in [-0.3, -0.25) is 14.4 Å². The second-order valence-electron chi connectivity index (χ2n) is 7.54. The first kappa shape index (κ1) is 20.8. The van der Waals surface area contributed by atoms with Crippen LogP contribution in [0.25, 0.3) is 0 Å². The molecule has 0 aromatic heterocycles. The average molecular weight is 469 g/mol. The standard InChI is InChI=1S/C24H18Cl2N2O4/c1-31-17-9-5-8-16(13-17)27-23(29)20-21(18-11-10-14(25)12-19(18)26)28(32-22(20)24(27)30)15-6-3-2-4-7-15/h2-13,20-22H,1H3/t20-,21+,22-/m0/s1. The number of ether oxygens (including phenoxy) is 1. The van der Waals surface area contributed by atoms with E-state index in [1.807, 2.05) is 30.3 Å². The molecule has 5 rings (SSSR count). The van der Waals surface area contributed by atoms with E-state index < -0.39 is 24.0 Å². The van der Waals surface area contributed by atoms with Crippen LogP contribution >= 0.6 is 23.2 Å². The van der Waals surface area contributed by atoms with Crippen molar-refractivity contribution in [3.63, 3.8) is 0 Å². The summed E-state index contributed by atoms with van der Waals surface area (Å²) in [6, 6.07) is 20.6. The number of hydroxylamine groups is 1. The van der Waals surface area contributed by atoms with E-state index in [0.29, 0.717) is 32.7 Å². The van der Waals surface area contributed by atoms with Crippen molar-refractivity contribution in [1.82, 2.24) is 0 Å². The van der Waals surface area contributed by atoms with Crippen LogP contribution in [0.1, 0.15) is 11.6 Å². The Hall–Kier alpha value is -3.06. The zero-order chi connectivity index (χ0) is 22.4. The number of amides is 2. The van der Waals surface area contributed by atoms with Crippen LogP contribution in [0.2, 0.25) is 10.0 Å². The molecular weight excluding hydrogens is 451 g/mol. The first-order valence-electron chi connectivity index (χ1n) is 9.97. The van der Waals surface area contributed by atoms with Crippen molar-refractivity contribution in [3.8, 4) is 5.75 Å². The molecule has 0 aliphatic carbocycles. The van der Waals surface area contributed by atoms with Crippen molar-refractivity contribution in [2.45, 2.75) is 12.1 Å². The number of halogens is 2. The van der Waals surface area contributed by atoms with Crippen molar-refractivity contribution >= 4 is 46.4 Å². The van der Waals surface area contributed by atoms with Crippen LogP contribution in [0, 0.1) is 5.92 Å². The van der Waals surface area contributed by atoms with Crippen LogP contribution < -0.4 is 14.7 Å². The number of anilines is 2. The minimum Gasteiger partial charge on any atom is -0.497 e. The first-order valence-corrected chi connectivity index (χ1v) is 10.7. The van der Waals surface area contributed by atoms with Crippen molar-refractivity contribution in [2.75, 3.05) is 17.1 Å². The molecule has 0 saturated carbocycles. The minimum atomic E-state index is -0.981. The molecule has 2 amide bonds. The number of rotatable bonds is 4. The second-order valence-corrected chi connectivity index (χ2v) is 8.38. The number of hydrogen-bond donors (Lipinski definition) is 0. The Morgan fingerprint density at radius 1 is 0.875 bits per heavy atom. The molecule has 3 aromatic carbocycles. The van der Waals surface area contributed by atoms with Crippen LogP contribution in [0.4, 0.5) is 11.4 Å². The molecule has 0 N–H and O–H groups in total. The van der Waals surface area contributed by atoms with Gasteiger partial charge in [0, 0.05) is 16.1 Å². The molecule has 2 fully saturated rings. The molecule has 2 aliphatic heterocycles. The topological polar surface area (TPSA) is 59.1 Å². The number of nitrogens with zero attached hydrogens (tertiary/aromatic N) is 2. The van der Waals surface area contributed by atoms with Crippen molar-refractivity contribution in [3.05, 3.63) is 88.4 Å². The third-order valence-corrected chi connectivity index (χ3v) is 6.28. The number of hydrogen-bond acceptors (Lipinski definition) is 5. The maximum absolute atomic E-state index is 13.6. The molecule has 2 aliphatic rings. The highest BCUT2D eigenvalue weighted by Gasteiger charge is 2.60. The molecule has 0 spiro atoms. The Morgan fingerprint density at radius 3 is 2.34 bits per heavy atom. The van der Waals surface area contributed by atoms with E-state index in [9.17, 15) is 9.59 Å². The van der Waals surface area contributed by atoms with Gasteiger partial charge >= 0.3 is 0 Å². The van der Waals surface area contributed by atoms with E-state index in [4.69, 9.17) is 32.8 Å². The van der Waals surface area contributed by atoms with Crippen LogP contribution in [0.15, 0.2) is 72.8 Å². The lowest BCUT2D eigenvalue weighted by Gasteiger charge is -2.29. The molecule has 6 nitrogen and oxygen atoms in total. The normalized spacial score (nSPS) is 22.4. The Kier molecular flexibility index (Phi) is 5.29. The summed E-state index contributed by atoms with van der Waals surface area (Å²) >= 11 is 12.6. The number of carbonyl (C=O) groups excluding carboxylic acids is 2. The lowest BCUT2D eigenvalue weighted by molar-refractivity contribution is -0.126. The van der Waals surface area contributed by atoms with Gasteiger partial charge < -0.3 is 4.74 Å². The van der Waals surface area contributed by atoms with Crippen LogP contribution in [-0.2, 0) is 14.4 Å². The maximum atomic E-state index is 13.6. The fourth-order valence-corrected chi connectivity index (χ4v) is 4.79. The molecule has 0 bridgehead atoms. The number of benzene rings is 3. The van der Waals surface area contributed by atoms with E-state index in [1.54, 1.807) is 47.5 Å². The highest BCUT2D eigenvalue weighted by atomic mass is 35.5. The van der Waals surface area contributed by atoms with Gasteiger partial charge in [0.15, 0.2) is 6.10 Å². The summed E-state index contributed by atoms with van der Waals surface area (Å²) in [7, 11) is 1.53. The number of carbonyl (C=O) groups is 2. The minimum absolute atomic E-state index is 0.359. The number of methoxy groups -OCH3 is 1. The highest BCUT2D eigenvalue weighted by molar-refractivity contribution is 6.35. The molecular formula is C24H18Cl2N2O4. The number of imide groups is 1. The Labute approximate surface area is 194 Å². The van der Waals surface area contributed by atoms with Gasteiger partial charge in [-0.2, -0.15) is 0 Å². The van der Waals surface area contributed by atoms with E-state index >= 15 is 0 Å². The molecule has 3 atom stereocenters. The monoisotopic (exact) mass is 468 g/mol. The molecule has 0 radical (unpaired) electrons. The quantitative estimate of drug-likeness (QED) is 0.501. The SMILES string of the molecule is COc1cccc(N2C(=O)[C@@H]3[C@H](ON(c4ccccc4)[C@@H]3c3ccc(Cl)cc3Cl)C2=O)c1. The Bertz CT molecular complexity index is 1200. The van der Waals surface area contributed by atoms with E-state index in [1.165, 1.54) is 7.11 Å².